The molecule has 1 unspecified atom stereocenters. The minimum absolute atomic E-state index is 0. The summed E-state index contributed by atoms with van der Waals surface area (Å²) in [5.74, 6) is 1.26. The van der Waals surface area contributed by atoms with E-state index in [1.54, 1.807) is 12.1 Å². The fourth-order valence-electron chi connectivity index (χ4n) is 3.85. The highest BCUT2D eigenvalue weighted by Gasteiger charge is 2.30. The standard InChI is InChI=1S/C22H23FN4O2.ClH/c1-12-13(2)24-22(25-16-6-4-15(23)5-7-16)26-21(12)27-11-10-17-18(28)8-9-19(29)20(17)14(27)3;/h4-9,14,28-29H,10-11H2,1-3H3,(H,24,25,26);1H. The summed E-state index contributed by atoms with van der Waals surface area (Å²) in [5.41, 5.74) is 3.98. The molecule has 8 heteroatoms. The number of benzene rings is 2. The van der Waals surface area contributed by atoms with Gasteiger partial charge in [0.2, 0.25) is 5.95 Å². The summed E-state index contributed by atoms with van der Waals surface area (Å²) in [4.78, 5) is 11.3. The number of aromatic nitrogens is 2. The van der Waals surface area contributed by atoms with Crippen molar-refractivity contribution in [3.05, 3.63) is 64.6 Å². The third-order valence-corrected chi connectivity index (χ3v) is 5.53. The summed E-state index contributed by atoms with van der Waals surface area (Å²) < 4.78 is 13.2. The molecule has 0 saturated carbocycles. The lowest BCUT2D eigenvalue weighted by Gasteiger charge is -2.37. The molecule has 0 bridgehead atoms. The minimum Gasteiger partial charge on any atom is -0.508 e. The van der Waals surface area contributed by atoms with E-state index >= 15 is 0 Å². The molecule has 6 nitrogen and oxygen atoms in total. The van der Waals surface area contributed by atoms with Crippen LogP contribution in [0.3, 0.4) is 0 Å². The van der Waals surface area contributed by atoms with Gasteiger partial charge >= 0.3 is 0 Å². The molecule has 2 heterocycles. The second-order valence-electron chi connectivity index (χ2n) is 7.33. The van der Waals surface area contributed by atoms with E-state index in [1.165, 1.54) is 24.3 Å². The van der Waals surface area contributed by atoms with Crippen molar-refractivity contribution >= 4 is 29.9 Å². The third-order valence-electron chi connectivity index (χ3n) is 5.53. The van der Waals surface area contributed by atoms with Gasteiger partial charge in [0.05, 0.1) is 6.04 Å². The number of fused-ring (bicyclic) bond motifs is 1. The van der Waals surface area contributed by atoms with Gasteiger partial charge in [-0.2, -0.15) is 4.98 Å². The lowest BCUT2D eigenvalue weighted by atomic mass is 9.91. The number of phenols is 2. The Kier molecular flexibility index (Phi) is 6.03. The fourth-order valence-corrected chi connectivity index (χ4v) is 3.85. The van der Waals surface area contributed by atoms with E-state index in [2.05, 4.69) is 15.2 Å². The van der Waals surface area contributed by atoms with E-state index in [1.807, 2.05) is 20.8 Å². The molecule has 1 atom stereocenters. The van der Waals surface area contributed by atoms with Crippen LogP contribution in [0.15, 0.2) is 36.4 Å². The number of hydrogen-bond donors (Lipinski definition) is 3. The predicted molar refractivity (Wildman–Crippen MR) is 118 cm³/mol. The van der Waals surface area contributed by atoms with Crippen LogP contribution in [0, 0.1) is 19.7 Å². The predicted octanol–water partition coefficient (Wildman–Crippen LogP) is 4.93. The monoisotopic (exact) mass is 430 g/mol. The van der Waals surface area contributed by atoms with Gasteiger partial charge < -0.3 is 20.4 Å². The topological polar surface area (TPSA) is 81.5 Å². The summed E-state index contributed by atoms with van der Waals surface area (Å²) in [6.07, 6.45) is 0.600. The van der Waals surface area contributed by atoms with Crippen LogP contribution in [0.4, 0.5) is 21.8 Å². The molecule has 1 aliphatic heterocycles. The second-order valence-corrected chi connectivity index (χ2v) is 7.33. The first-order valence-corrected chi connectivity index (χ1v) is 9.53. The van der Waals surface area contributed by atoms with Crippen molar-refractivity contribution in [2.24, 2.45) is 0 Å². The van der Waals surface area contributed by atoms with E-state index in [-0.39, 0.29) is 35.8 Å². The molecule has 1 aliphatic rings. The summed E-state index contributed by atoms with van der Waals surface area (Å²) >= 11 is 0. The SMILES string of the molecule is Cc1nc(Nc2ccc(F)cc2)nc(N2CCc3c(O)ccc(O)c3C2C)c1C.Cl. The van der Waals surface area contributed by atoms with Crippen molar-refractivity contribution in [3.63, 3.8) is 0 Å². The lowest BCUT2D eigenvalue weighted by molar-refractivity contribution is 0.433. The molecule has 0 spiro atoms. The molecule has 4 rings (SSSR count). The maximum Gasteiger partial charge on any atom is 0.229 e. The summed E-state index contributed by atoms with van der Waals surface area (Å²) in [7, 11) is 0. The zero-order valence-corrected chi connectivity index (χ0v) is 17.8. The molecule has 3 N–H and O–H groups in total. The Labute approximate surface area is 180 Å². The van der Waals surface area contributed by atoms with Gasteiger partial charge in [-0.3, -0.25) is 0 Å². The first kappa shape index (κ1) is 21.6. The Morgan fingerprint density at radius 2 is 1.70 bits per heavy atom. The number of aryl methyl sites for hydroxylation is 1. The van der Waals surface area contributed by atoms with Crippen LogP contribution in [0.2, 0.25) is 0 Å². The number of anilines is 3. The molecular formula is C22H24ClFN4O2. The van der Waals surface area contributed by atoms with Crippen molar-refractivity contribution in [1.82, 2.24) is 9.97 Å². The third kappa shape index (κ3) is 3.85. The van der Waals surface area contributed by atoms with Crippen molar-refractivity contribution < 1.29 is 14.6 Å². The normalized spacial score (nSPS) is 15.3. The van der Waals surface area contributed by atoms with Crippen LogP contribution >= 0.6 is 12.4 Å². The Bertz CT molecular complexity index is 1080. The number of nitrogens with one attached hydrogen (secondary N) is 1. The van der Waals surface area contributed by atoms with Crippen LogP contribution in [0.25, 0.3) is 0 Å². The van der Waals surface area contributed by atoms with E-state index in [0.29, 0.717) is 24.6 Å². The van der Waals surface area contributed by atoms with Crippen LogP contribution < -0.4 is 10.2 Å². The van der Waals surface area contributed by atoms with Gasteiger partial charge in [0.25, 0.3) is 0 Å². The first-order valence-electron chi connectivity index (χ1n) is 9.53. The number of halogens is 2. The molecule has 30 heavy (non-hydrogen) atoms. The largest absolute Gasteiger partial charge is 0.508 e. The number of nitrogens with zero attached hydrogens (tertiary/aromatic N) is 3. The van der Waals surface area contributed by atoms with Crippen molar-refractivity contribution in [1.29, 1.82) is 0 Å². The van der Waals surface area contributed by atoms with Crippen molar-refractivity contribution in [2.75, 3.05) is 16.8 Å². The van der Waals surface area contributed by atoms with Crippen LogP contribution in [0.5, 0.6) is 11.5 Å². The molecule has 0 saturated heterocycles. The van der Waals surface area contributed by atoms with Crippen LogP contribution in [-0.2, 0) is 6.42 Å². The molecule has 3 aromatic rings. The van der Waals surface area contributed by atoms with E-state index in [9.17, 15) is 14.6 Å². The summed E-state index contributed by atoms with van der Waals surface area (Å²) in [5, 5.41) is 23.7. The highest BCUT2D eigenvalue weighted by atomic mass is 35.5. The highest BCUT2D eigenvalue weighted by Crippen LogP contribution is 2.42. The molecule has 0 amide bonds. The Morgan fingerprint density at radius 3 is 2.40 bits per heavy atom. The molecule has 0 radical (unpaired) electrons. The van der Waals surface area contributed by atoms with Crippen LogP contribution in [-0.4, -0.2) is 26.7 Å². The van der Waals surface area contributed by atoms with E-state index in [0.717, 1.165) is 28.2 Å². The Balaban J connectivity index is 0.00000256. The quantitative estimate of drug-likeness (QED) is 0.511. The summed E-state index contributed by atoms with van der Waals surface area (Å²) in [6.45, 7) is 6.53. The van der Waals surface area contributed by atoms with Gasteiger partial charge in [0.1, 0.15) is 23.1 Å². The van der Waals surface area contributed by atoms with Gasteiger partial charge in [0.15, 0.2) is 0 Å². The smallest absolute Gasteiger partial charge is 0.229 e. The maximum absolute atomic E-state index is 13.2. The number of hydrogen-bond acceptors (Lipinski definition) is 6. The average molecular weight is 431 g/mol. The molecule has 0 aliphatic carbocycles. The van der Waals surface area contributed by atoms with Crippen molar-refractivity contribution in [2.45, 2.75) is 33.2 Å². The molecule has 1 aromatic heterocycles. The van der Waals surface area contributed by atoms with Gasteiger partial charge in [-0.25, -0.2) is 9.37 Å². The minimum atomic E-state index is -0.305. The van der Waals surface area contributed by atoms with Crippen LogP contribution in [0.1, 0.15) is 35.3 Å². The number of phenolic OH excluding ortho intramolecular Hbond substituents is 2. The maximum atomic E-state index is 13.2. The van der Waals surface area contributed by atoms with Gasteiger partial charge in [-0.05, 0) is 63.6 Å². The second kappa shape index (κ2) is 8.36. The molecule has 158 valence electrons. The number of rotatable bonds is 3. The molecular weight excluding hydrogens is 407 g/mol. The molecule has 0 fully saturated rings. The Hall–Kier alpha value is -3.06. The average Bonchev–Trinajstić information content (AvgIpc) is 2.69. The Morgan fingerprint density at radius 1 is 1.03 bits per heavy atom. The van der Waals surface area contributed by atoms with E-state index in [4.69, 9.17) is 4.98 Å². The van der Waals surface area contributed by atoms with Crippen molar-refractivity contribution in [3.8, 4) is 11.5 Å². The van der Waals surface area contributed by atoms with Gasteiger partial charge in [0, 0.05) is 34.6 Å². The fraction of sp³-hybridized carbons (Fsp3) is 0.273. The van der Waals surface area contributed by atoms with Gasteiger partial charge in [-0.1, -0.05) is 0 Å². The summed E-state index contributed by atoms with van der Waals surface area (Å²) in [6, 6.07) is 8.90. The van der Waals surface area contributed by atoms with E-state index < -0.39 is 0 Å². The zero-order valence-electron chi connectivity index (χ0n) is 17.0. The first-order chi connectivity index (χ1) is 13.8. The highest BCUT2D eigenvalue weighted by molar-refractivity contribution is 5.85. The molecule has 2 aromatic carbocycles. The number of aromatic hydroxyl groups is 2. The van der Waals surface area contributed by atoms with Gasteiger partial charge in [-0.15, -0.1) is 12.4 Å². The lowest BCUT2D eigenvalue weighted by Crippen LogP contribution is -2.35. The zero-order chi connectivity index (χ0) is 20.7.